The van der Waals surface area contributed by atoms with Crippen LogP contribution in [0.25, 0.3) is 0 Å². The first-order chi connectivity index (χ1) is 13.3. The van der Waals surface area contributed by atoms with E-state index < -0.39 is 0 Å². The fraction of sp³-hybridized carbons (Fsp3) is 0.308. The van der Waals surface area contributed by atoms with Crippen molar-refractivity contribution in [2.45, 2.75) is 52.4 Å². The van der Waals surface area contributed by atoms with Crippen LogP contribution in [0.15, 0.2) is 66.7 Å². The highest BCUT2D eigenvalue weighted by atomic mass is 19.1. The van der Waals surface area contributed by atoms with Crippen LogP contribution in [-0.2, 0) is 11.8 Å². The van der Waals surface area contributed by atoms with Crippen LogP contribution in [0, 0.1) is 19.7 Å². The molecule has 0 aliphatic heterocycles. The van der Waals surface area contributed by atoms with E-state index in [1.807, 2.05) is 12.1 Å². The van der Waals surface area contributed by atoms with Crippen molar-refractivity contribution in [1.82, 2.24) is 0 Å². The lowest BCUT2D eigenvalue weighted by Gasteiger charge is -2.26. The van der Waals surface area contributed by atoms with Gasteiger partial charge in [-0.3, -0.25) is 0 Å². The van der Waals surface area contributed by atoms with E-state index in [1.165, 1.54) is 34.4 Å². The Labute approximate surface area is 168 Å². The monoisotopic (exact) mass is 376 g/mol. The van der Waals surface area contributed by atoms with E-state index in [1.54, 1.807) is 12.1 Å². The predicted molar refractivity (Wildman–Crippen MR) is 115 cm³/mol. The van der Waals surface area contributed by atoms with E-state index in [9.17, 15) is 4.39 Å². The third-order valence-corrected chi connectivity index (χ3v) is 5.50. The zero-order valence-electron chi connectivity index (χ0n) is 17.3. The van der Waals surface area contributed by atoms with Crippen LogP contribution in [0.3, 0.4) is 0 Å². The van der Waals surface area contributed by atoms with Crippen LogP contribution in [0.4, 0.5) is 4.39 Å². The van der Waals surface area contributed by atoms with Crippen molar-refractivity contribution in [1.29, 1.82) is 0 Å². The number of benzene rings is 3. The Hall–Kier alpha value is -2.61. The van der Waals surface area contributed by atoms with E-state index in [2.05, 4.69) is 58.0 Å². The third-order valence-electron chi connectivity index (χ3n) is 5.50. The quantitative estimate of drug-likeness (QED) is 0.414. The van der Waals surface area contributed by atoms with E-state index in [0.29, 0.717) is 5.75 Å². The van der Waals surface area contributed by atoms with Gasteiger partial charge in [0.2, 0.25) is 0 Å². The number of hydrogen-bond donors (Lipinski definition) is 0. The van der Waals surface area contributed by atoms with Crippen LogP contribution in [-0.4, -0.2) is 0 Å². The van der Waals surface area contributed by atoms with E-state index in [0.717, 1.165) is 25.0 Å². The molecule has 0 fully saturated rings. The predicted octanol–water partition coefficient (Wildman–Crippen LogP) is 7.54. The molecule has 2 heteroatoms. The minimum atomic E-state index is -0.257. The molecule has 0 radical (unpaired) electrons. The van der Waals surface area contributed by atoms with Gasteiger partial charge >= 0.3 is 0 Å². The lowest BCUT2D eigenvalue weighted by molar-refractivity contribution is 0.459. The average molecular weight is 377 g/mol. The van der Waals surface area contributed by atoms with Gasteiger partial charge in [0.1, 0.15) is 17.3 Å². The fourth-order valence-electron chi connectivity index (χ4n) is 3.44. The van der Waals surface area contributed by atoms with Crippen molar-refractivity contribution < 1.29 is 9.13 Å². The van der Waals surface area contributed by atoms with Gasteiger partial charge in [0, 0.05) is 0 Å². The Morgan fingerprint density at radius 2 is 1.57 bits per heavy atom. The summed E-state index contributed by atoms with van der Waals surface area (Å²) in [6.45, 7) is 8.99. The molecule has 1 nitrogen and oxygen atoms in total. The molecule has 0 saturated carbocycles. The molecule has 0 aliphatic rings. The molecule has 0 saturated heterocycles. The lowest BCUT2D eigenvalue weighted by Crippen LogP contribution is -2.17. The number of ether oxygens (including phenoxy) is 1. The topological polar surface area (TPSA) is 9.23 Å². The maximum absolute atomic E-state index is 13.0. The first kappa shape index (κ1) is 20.1. The molecule has 146 valence electrons. The summed E-state index contributed by atoms with van der Waals surface area (Å²) >= 11 is 0. The molecule has 0 unspecified atom stereocenters. The molecular formula is C26H29FO. The zero-order valence-corrected chi connectivity index (χ0v) is 17.3. The smallest absolute Gasteiger partial charge is 0.127 e. The van der Waals surface area contributed by atoms with Crippen molar-refractivity contribution in [3.63, 3.8) is 0 Å². The largest absolute Gasteiger partial charge is 0.457 e. The molecule has 0 N–H and O–H groups in total. The summed E-state index contributed by atoms with van der Waals surface area (Å²) in [5, 5.41) is 0. The van der Waals surface area contributed by atoms with Crippen molar-refractivity contribution in [2.24, 2.45) is 0 Å². The van der Waals surface area contributed by atoms with E-state index in [-0.39, 0.29) is 11.2 Å². The minimum absolute atomic E-state index is 0.153. The summed E-state index contributed by atoms with van der Waals surface area (Å²) in [5.74, 6) is 1.18. The Bertz CT molecular complexity index is 925. The summed E-state index contributed by atoms with van der Waals surface area (Å²) < 4.78 is 18.9. The second-order valence-electron chi connectivity index (χ2n) is 8.24. The molecule has 0 atom stereocenters. The normalized spacial score (nSPS) is 11.5. The SMILES string of the molecule is Cc1ccc(C(C)(C)CCCc2cccc(Oc3ccc(F)cc3)c2)cc1C. The van der Waals surface area contributed by atoms with Crippen molar-refractivity contribution in [2.75, 3.05) is 0 Å². The van der Waals surface area contributed by atoms with Gasteiger partial charge in [-0.1, -0.05) is 44.2 Å². The van der Waals surface area contributed by atoms with Gasteiger partial charge in [-0.15, -0.1) is 0 Å². The first-order valence-electron chi connectivity index (χ1n) is 9.94. The van der Waals surface area contributed by atoms with Crippen LogP contribution in [0.5, 0.6) is 11.5 Å². The van der Waals surface area contributed by atoms with E-state index in [4.69, 9.17) is 4.74 Å². The van der Waals surface area contributed by atoms with Crippen molar-refractivity contribution in [3.8, 4) is 11.5 Å². The molecule has 0 aromatic heterocycles. The highest BCUT2D eigenvalue weighted by Crippen LogP contribution is 2.31. The highest BCUT2D eigenvalue weighted by Gasteiger charge is 2.20. The van der Waals surface area contributed by atoms with Gasteiger partial charge in [0.25, 0.3) is 0 Å². The number of aryl methyl sites for hydroxylation is 3. The van der Waals surface area contributed by atoms with Crippen molar-refractivity contribution in [3.05, 3.63) is 94.8 Å². The van der Waals surface area contributed by atoms with Crippen LogP contribution >= 0.6 is 0 Å². The lowest BCUT2D eigenvalue weighted by atomic mass is 9.79. The van der Waals surface area contributed by atoms with Gasteiger partial charge in [-0.05, 0) is 97.2 Å². The number of halogens is 1. The summed E-state index contributed by atoms with van der Waals surface area (Å²) in [6, 6.07) is 21.1. The summed E-state index contributed by atoms with van der Waals surface area (Å²) in [5.41, 5.74) is 5.52. The summed E-state index contributed by atoms with van der Waals surface area (Å²) in [6.07, 6.45) is 3.24. The van der Waals surface area contributed by atoms with Gasteiger partial charge in [0.05, 0.1) is 0 Å². The second-order valence-corrected chi connectivity index (χ2v) is 8.24. The van der Waals surface area contributed by atoms with Gasteiger partial charge in [-0.2, -0.15) is 0 Å². The molecule has 3 aromatic carbocycles. The standard InChI is InChI=1S/C26H29FO/c1-19-10-11-22(17-20(19)2)26(3,4)16-6-8-21-7-5-9-25(18-21)28-24-14-12-23(27)13-15-24/h5,7,9-15,17-18H,6,8,16H2,1-4H3. The molecule has 0 aliphatic carbocycles. The Balaban J connectivity index is 1.59. The molecule has 28 heavy (non-hydrogen) atoms. The van der Waals surface area contributed by atoms with E-state index >= 15 is 0 Å². The molecular weight excluding hydrogens is 347 g/mol. The second kappa shape index (κ2) is 8.60. The van der Waals surface area contributed by atoms with Crippen molar-refractivity contribution >= 4 is 0 Å². The summed E-state index contributed by atoms with van der Waals surface area (Å²) in [4.78, 5) is 0. The average Bonchev–Trinajstić information content (AvgIpc) is 2.66. The first-order valence-corrected chi connectivity index (χ1v) is 9.94. The van der Waals surface area contributed by atoms with Gasteiger partial charge in [-0.25, -0.2) is 4.39 Å². The van der Waals surface area contributed by atoms with Crippen LogP contribution < -0.4 is 4.74 Å². The minimum Gasteiger partial charge on any atom is -0.457 e. The molecule has 0 amide bonds. The zero-order chi connectivity index (χ0) is 20.1. The fourth-order valence-corrected chi connectivity index (χ4v) is 3.44. The molecule has 3 aromatic rings. The Morgan fingerprint density at radius 3 is 2.29 bits per heavy atom. The highest BCUT2D eigenvalue weighted by molar-refractivity contribution is 5.35. The third kappa shape index (κ3) is 5.22. The maximum Gasteiger partial charge on any atom is 0.127 e. The van der Waals surface area contributed by atoms with Crippen LogP contribution in [0.1, 0.15) is 48.9 Å². The Morgan fingerprint density at radius 1 is 0.821 bits per heavy atom. The van der Waals surface area contributed by atoms with Gasteiger partial charge in [0.15, 0.2) is 0 Å². The van der Waals surface area contributed by atoms with Crippen LogP contribution in [0.2, 0.25) is 0 Å². The summed E-state index contributed by atoms with van der Waals surface area (Å²) in [7, 11) is 0. The van der Waals surface area contributed by atoms with Gasteiger partial charge < -0.3 is 4.74 Å². The number of rotatable bonds is 7. The molecule has 3 rings (SSSR count). The Kier molecular flexibility index (Phi) is 6.18. The molecule has 0 heterocycles. The molecule has 0 spiro atoms. The number of hydrogen-bond acceptors (Lipinski definition) is 1. The maximum atomic E-state index is 13.0. The molecule has 0 bridgehead atoms.